The number of nitrogens with one attached hydrogen (secondary N) is 1. The summed E-state index contributed by atoms with van der Waals surface area (Å²) in [6, 6.07) is 7.77. The van der Waals surface area contributed by atoms with Gasteiger partial charge in [0.05, 0.1) is 0 Å². The van der Waals surface area contributed by atoms with Crippen molar-refractivity contribution in [1.82, 2.24) is 5.32 Å². The van der Waals surface area contributed by atoms with E-state index in [1.807, 2.05) is 0 Å². The highest BCUT2D eigenvalue weighted by Crippen LogP contribution is 2.30. The molecule has 1 aliphatic heterocycles. The number of aryl methyl sites for hydroxylation is 1. The summed E-state index contributed by atoms with van der Waals surface area (Å²) in [5.41, 5.74) is 4.29. The highest BCUT2D eigenvalue weighted by molar-refractivity contribution is 5.55. The Morgan fingerprint density at radius 3 is 2.42 bits per heavy atom. The number of hydrogen-bond acceptors (Lipinski definition) is 2. The van der Waals surface area contributed by atoms with Crippen LogP contribution in [0.4, 0.5) is 5.69 Å². The van der Waals surface area contributed by atoms with Gasteiger partial charge in [0.2, 0.25) is 0 Å². The first kappa shape index (κ1) is 13.0. The summed E-state index contributed by atoms with van der Waals surface area (Å²) in [7, 11) is 0. The number of hydrogen-bond donors (Lipinski definition) is 1. The van der Waals surface area contributed by atoms with Crippen molar-refractivity contribution in [3.05, 3.63) is 29.3 Å². The van der Waals surface area contributed by atoms with Crippen molar-refractivity contribution in [1.29, 1.82) is 0 Å². The van der Waals surface area contributed by atoms with Gasteiger partial charge in [-0.2, -0.15) is 0 Å². The number of rotatable bonds is 4. The van der Waals surface area contributed by atoms with Crippen molar-refractivity contribution < 1.29 is 0 Å². The largest absolute Gasteiger partial charge is 0.371 e. The lowest BCUT2D eigenvalue weighted by Gasteiger charge is -2.21. The van der Waals surface area contributed by atoms with Crippen molar-refractivity contribution in [3.63, 3.8) is 0 Å². The van der Waals surface area contributed by atoms with Gasteiger partial charge in [0.15, 0.2) is 0 Å². The van der Waals surface area contributed by atoms with Gasteiger partial charge in [-0.15, -0.1) is 0 Å². The molecule has 2 aliphatic rings. The molecule has 2 unspecified atom stereocenters. The molecule has 0 spiro atoms. The predicted molar refractivity (Wildman–Crippen MR) is 81.6 cm³/mol. The Labute approximate surface area is 117 Å². The Balaban J connectivity index is 1.68. The van der Waals surface area contributed by atoms with Crippen molar-refractivity contribution in [2.45, 2.75) is 46.2 Å². The highest BCUT2D eigenvalue weighted by atomic mass is 15.2. The lowest BCUT2D eigenvalue weighted by molar-refractivity contribution is 0.494. The maximum Gasteiger partial charge on any atom is 0.0396 e. The summed E-state index contributed by atoms with van der Waals surface area (Å²) >= 11 is 0. The Kier molecular flexibility index (Phi) is 3.53. The molecule has 0 radical (unpaired) electrons. The van der Waals surface area contributed by atoms with E-state index in [0.717, 1.165) is 24.4 Å². The van der Waals surface area contributed by atoms with Gasteiger partial charge in [-0.05, 0) is 48.8 Å². The van der Waals surface area contributed by atoms with Gasteiger partial charge in [-0.25, -0.2) is 0 Å². The molecule has 19 heavy (non-hydrogen) atoms. The van der Waals surface area contributed by atoms with E-state index in [1.54, 1.807) is 0 Å². The zero-order valence-corrected chi connectivity index (χ0v) is 12.4. The molecule has 3 rings (SSSR count). The number of benzene rings is 1. The minimum atomic E-state index is 0.792. The maximum absolute atomic E-state index is 3.59. The summed E-state index contributed by atoms with van der Waals surface area (Å²) in [4.78, 5) is 2.56. The van der Waals surface area contributed by atoms with Crippen LogP contribution in [0.1, 0.15) is 37.8 Å². The molecular weight excluding hydrogens is 232 g/mol. The molecule has 1 aliphatic carbocycles. The van der Waals surface area contributed by atoms with Crippen LogP contribution in [-0.2, 0) is 6.54 Å². The molecular formula is C17H26N2. The zero-order valence-electron chi connectivity index (χ0n) is 12.4. The topological polar surface area (TPSA) is 15.3 Å². The van der Waals surface area contributed by atoms with Gasteiger partial charge in [-0.3, -0.25) is 0 Å². The second kappa shape index (κ2) is 5.16. The van der Waals surface area contributed by atoms with Crippen molar-refractivity contribution in [2.24, 2.45) is 11.8 Å². The minimum absolute atomic E-state index is 0.792. The van der Waals surface area contributed by atoms with E-state index in [0.29, 0.717) is 0 Å². The molecule has 1 saturated heterocycles. The van der Waals surface area contributed by atoms with Crippen LogP contribution in [-0.4, -0.2) is 19.1 Å². The fourth-order valence-electron chi connectivity index (χ4n) is 3.06. The summed E-state index contributed by atoms with van der Waals surface area (Å²) in [6.07, 6.45) is 2.72. The maximum atomic E-state index is 3.59. The van der Waals surface area contributed by atoms with Crippen molar-refractivity contribution in [3.8, 4) is 0 Å². The Hall–Kier alpha value is -1.02. The lowest BCUT2D eigenvalue weighted by atomic mass is 10.0. The summed E-state index contributed by atoms with van der Waals surface area (Å²) in [5, 5.41) is 3.59. The van der Waals surface area contributed by atoms with Gasteiger partial charge in [0.1, 0.15) is 0 Å². The fourth-order valence-corrected chi connectivity index (χ4v) is 3.06. The van der Waals surface area contributed by atoms with Gasteiger partial charge >= 0.3 is 0 Å². The van der Waals surface area contributed by atoms with Crippen LogP contribution in [0.25, 0.3) is 0 Å². The van der Waals surface area contributed by atoms with Crippen LogP contribution >= 0.6 is 0 Å². The molecule has 1 aromatic carbocycles. The van der Waals surface area contributed by atoms with Gasteiger partial charge in [0.25, 0.3) is 0 Å². The summed E-state index contributed by atoms with van der Waals surface area (Å²) < 4.78 is 0. The van der Waals surface area contributed by atoms with Crippen LogP contribution in [0.2, 0.25) is 0 Å². The summed E-state index contributed by atoms with van der Waals surface area (Å²) in [5.74, 6) is 1.63. The van der Waals surface area contributed by atoms with Crippen LogP contribution < -0.4 is 10.2 Å². The Bertz CT molecular complexity index is 441. The van der Waals surface area contributed by atoms with Crippen LogP contribution in [0.15, 0.2) is 18.2 Å². The molecule has 2 atom stereocenters. The minimum Gasteiger partial charge on any atom is -0.371 e. The Morgan fingerprint density at radius 1 is 1.16 bits per heavy atom. The van der Waals surface area contributed by atoms with E-state index >= 15 is 0 Å². The molecule has 2 nitrogen and oxygen atoms in total. The highest BCUT2D eigenvalue weighted by Gasteiger charge is 2.27. The van der Waals surface area contributed by atoms with E-state index in [1.165, 1.54) is 42.7 Å². The molecule has 0 bridgehead atoms. The average Bonchev–Trinajstić information content (AvgIpc) is 3.14. The second-order valence-corrected chi connectivity index (χ2v) is 6.64. The van der Waals surface area contributed by atoms with Crippen molar-refractivity contribution >= 4 is 5.69 Å². The lowest BCUT2D eigenvalue weighted by Crippen LogP contribution is -2.21. The summed E-state index contributed by atoms with van der Waals surface area (Å²) in [6.45, 7) is 10.4. The third kappa shape index (κ3) is 2.94. The molecule has 0 aromatic heterocycles. The quantitative estimate of drug-likeness (QED) is 0.891. The van der Waals surface area contributed by atoms with E-state index in [-0.39, 0.29) is 0 Å². The third-order valence-electron chi connectivity index (χ3n) is 4.76. The average molecular weight is 258 g/mol. The number of nitrogens with zero attached hydrogens (tertiary/aromatic N) is 1. The molecule has 2 heteroatoms. The van der Waals surface area contributed by atoms with Crippen molar-refractivity contribution in [2.75, 3.05) is 18.0 Å². The van der Waals surface area contributed by atoms with E-state index in [9.17, 15) is 0 Å². The third-order valence-corrected chi connectivity index (χ3v) is 4.76. The standard InChI is InChI=1S/C17H26N2/c1-12-8-15(9-18-16-5-6-16)4-7-17(12)19-10-13(2)14(3)11-19/h4,7-8,13-14,16,18H,5-6,9-11H2,1-3H3. The predicted octanol–water partition coefficient (Wildman–Crippen LogP) is 3.34. The molecule has 1 N–H and O–H groups in total. The smallest absolute Gasteiger partial charge is 0.0396 e. The second-order valence-electron chi connectivity index (χ2n) is 6.64. The fraction of sp³-hybridized carbons (Fsp3) is 0.647. The van der Waals surface area contributed by atoms with Crippen LogP contribution in [0.3, 0.4) is 0 Å². The SMILES string of the molecule is Cc1cc(CNC2CC2)ccc1N1CC(C)C(C)C1. The van der Waals surface area contributed by atoms with E-state index in [2.05, 4.69) is 49.2 Å². The van der Waals surface area contributed by atoms with Crippen LogP contribution in [0.5, 0.6) is 0 Å². The zero-order chi connectivity index (χ0) is 13.4. The molecule has 0 amide bonds. The molecule has 1 aromatic rings. The normalized spacial score (nSPS) is 27.0. The molecule has 104 valence electrons. The number of anilines is 1. The van der Waals surface area contributed by atoms with Gasteiger partial charge in [-0.1, -0.05) is 26.0 Å². The first-order chi connectivity index (χ1) is 9.13. The molecule has 1 saturated carbocycles. The van der Waals surface area contributed by atoms with Gasteiger partial charge < -0.3 is 10.2 Å². The first-order valence-electron chi connectivity index (χ1n) is 7.71. The molecule has 2 fully saturated rings. The van der Waals surface area contributed by atoms with Crippen LogP contribution in [0, 0.1) is 18.8 Å². The first-order valence-corrected chi connectivity index (χ1v) is 7.71. The molecule has 1 heterocycles. The monoisotopic (exact) mass is 258 g/mol. The van der Waals surface area contributed by atoms with E-state index in [4.69, 9.17) is 0 Å². The van der Waals surface area contributed by atoms with E-state index < -0.39 is 0 Å². The Morgan fingerprint density at radius 2 is 1.84 bits per heavy atom. The van der Waals surface area contributed by atoms with Gasteiger partial charge in [0, 0.05) is 31.4 Å².